The molecule has 1 rings (SSSR count). The molecule has 0 atom stereocenters. The molecule has 0 aliphatic heterocycles. The number of hydrogen-bond donors (Lipinski definition) is 1. The van der Waals surface area contributed by atoms with Crippen LogP contribution in [0, 0.1) is 18.8 Å². The van der Waals surface area contributed by atoms with Gasteiger partial charge in [0.1, 0.15) is 5.15 Å². The van der Waals surface area contributed by atoms with E-state index in [0.29, 0.717) is 10.8 Å². The van der Waals surface area contributed by atoms with Crippen molar-refractivity contribution in [1.82, 2.24) is 4.98 Å². The highest BCUT2D eigenvalue weighted by Crippen LogP contribution is 2.15. The Bertz CT molecular complexity index is 418. The molecule has 1 aromatic rings. The molecular weight excluding hydrogens is 200 g/mol. The quantitative estimate of drug-likeness (QED) is 0.567. The third-order valence-corrected chi connectivity index (χ3v) is 1.91. The van der Waals surface area contributed by atoms with Crippen molar-refractivity contribution in [2.45, 2.75) is 13.8 Å². The van der Waals surface area contributed by atoms with Crippen molar-refractivity contribution < 1.29 is 4.79 Å². The Morgan fingerprint density at radius 2 is 2.36 bits per heavy atom. The fourth-order valence-corrected chi connectivity index (χ4v) is 1.01. The van der Waals surface area contributed by atoms with Gasteiger partial charge in [0.2, 0.25) is 0 Å². The lowest BCUT2D eigenvalue weighted by Gasteiger charge is -2.02. The molecule has 1 aromatic heterocycles. The number of hydrogen-bond acceptors (Lipinski definition) is 2. The molecule has 1 amide bonds. The zero-order valence-corrected chi connectivity index (χ0v) is 8.64. The maximum absolute atomic E-state index is 11.1. The Hall–Kier alpha value is -1.53. The molecule has 1 heterocycles. The number of anilines is 1. The number of aryl methyl sites for hydroxylation is 1. The number of nitrogens with zero attached hydrogens (tertiary/aromatic N) is 1. The highest BCUT2D eigenvalue weighted by Gasteiger charge is 2.01. The number of rotatable bonds is 1. The molecule has 14 heavy (non-hydrogen) atoms. The lowest BCUT2D eigenvalue weighted by atomic mass is 10.3. The Balaban J connectivity index is 2.81. The van der Waals surface area contributed by atoms with E-state index in [4.69, 9.17) is 11.6 Å². The number of carbonyl (C=O) groups excluding carboxylic acids is 1. The van der Waals surface area contributed by atoms with Gasteiger partial charge in [0.05, 0.1) is 11.9 Å². The van der Waals surface area contributed by atoms with E-state index in [1.807, 2.05) is 6.92 Å². The normalized spacial score (nSPS) is 8.79. The van der Waals surface area contributed by atoms with Gasteiger partial charge in [-0.2, -0.15) is 0 Å². The molecule has 72 valence electrons. The van der Waals surface area contributed by atoms with Gasteiger partial charge in [-0.3, -0.25) is 4.79 Å². The van der Waals surface area contributed by atoms with Gasteiger partial charge in [0.15, 0.2) is 0 Å². The maximum Gasteiger partial charge on any atom is 0.300 e. The Morgan fingerprint density at radius 3 is 2.93 bits per heavy atom. The fourth-order valence-electron chi connectivity index (χ4n) is 0.902. The van der Waals surface area contributed by atoms with Crippen molar-refractivity contribution in [3.63, 3.8) is 0 Å². The maximum atomic E-state index is 11.1. The van der Waals surface area contributed by atoms with E-state index in [1.165, 1.54) is 6.20 Å². The molecule has 0 bridgehead atoms. The van der Waals surface area contributed by atoms with Crippen LogP contribution in [-0.2, 0) is 4.79 Å². The van der Waals surface area contributed by atoms with Crippen LogP contribution in [0.1, 0.15) is 12.5 Å². The van der Waals surface area contributed by atoms with E-state index in [9.17, 15) is 4.79 Å². The third kappa shape index (κ3) is 2.75. The van der Waals surface area contributed by atoms with Gasteiger partial charge in [-0.25, -0.2) is 4.98 Å². The van der Waals surface area contributed by atoms with Crippen molar-refractivity contribution >= 4 is 23.2 Å². The summed E-state index contributed by atoms with van der Waals surface area (Å²) >= 11 is 5.73. The van der Waals surface area contributed by atoms with E-state index in [2.05, 4.69) is 22.1 Å². The second kappa shape index (κ2) is 4.64. The molecule has 0 spiro atoms. The monoisotopic (exact) mass is 208 g/mol. The predicted molar refractivity (Wildman–Crippen MR) is 56.1 cm³/mol. The van der Waals surface area contributed by atoms with Gasteiger partial charge in [-0.15, -0.1) is 0 Å². The summed E-state index contributed by atoms with van der Waals surface area (Å²) in [7, 11) is 0. The summed E-state index contributed by atoms with van der Waals surface area (Å²) in [6, 6.07) is 1.74. The molecule has 1 N–H and O–H groups in total. The molecule has 0 saturated heterocycles. The average molecular weight is 209 g/mol. The zero-order chi connectivity index (χ0) is 10.6. The van der Waals surface area contributed by atoms with Crippen molar-refractivity contribution in [3.8, 4) is 11.8 Å². The van der Waals surface area contributed by atoms with Crippen LogP contribution in [0.25, 0.3) is 0 Å². The van der Waals surface area contributed by atoms with Crippen molar-refractivity contribution in [2.24, 2.45) is 0 Å². The summed E-state index contributed by atoms with van der Waals surface area (Å²) in [5, 5.41) is 3.01. The lowest BCUT2D eigenvalue weighted by Crippen LogP contribution is -2.08. The van der Waals surface area contributed by atoms with Gasteiger partial charge in [-0.1, -0.05) is 17.5 Å². The van der Waals surface area contributed by atoms with E-state index in [-0.39, 0.29) is 5.91 Å². The second-order valence-electron chi connectivity index (χ2n) is 2.66. The first-order valence-electron chi connectivity index (χ1n) is 3.99. The van der Waals surface area contributed by atoms with E-state index < -0.39 is 0 Å². The first kappa shape index (κ1) is 10.6. The zero-order valence-electron chi connectivity index (χ0n) is 7.89. The molecule has 0 fully saturated rings. The highest BCUT2D eigenvalue weighted by atomic mass is 35.5. The number of aromatic nitrogens is 1. The molecule has 0 saturated carbocycles. The summed E-state index contributed by atoms with van der Waals surface area (Å²) < 4.78 is 0. The average Bonchev–Trinajstić information content (AvgIpc) is 2.12. The lowest BCUT2D eigenvalue weighted by molar-refractivity contribution is -0.111. The van der Waals surface area contributed by atoms with Gasteiger partial charge in [-0.05, 0) is 31.4 Å². The van der Waals surface area contributed by atoms with Crippen LogP contribution in [0.5, 0.6) is 0 Å². The minimum absolute atomic E-state index is 0.351. The molecular formula is C10H9ClN2O. The molecule has 0 radical (unpaired) electrons. The van der Waals surface area contributed by atoms with Crippen LogP contribution < -0.4 is 5.32 Å². The first-order valence-corrected chi connectivity index (χ1v) is 4.37. The standard InChI is InChI=1S/C10H9ClN2O/c1-3-4-9(14)13-8-5-7(2)10(11)12-6-8/h5-6H,1-2H3,(H,13,14). The topological polar surface area (TPSA) is 42.0 Å². The Morgan fingerprint density at radius 1 is 1.64 bits per heavy atom. The molecule has 3 nitrogen and oxygen atoms in total. The van der Waals surface area contributed by atoms with Crippen LogP contribution >= 0.6 is 11.6 Å². The number of nitrogens with one attached hydrogen (secondary N) is 1. The Labute approximate surface area is 87.5 Å². The summed E-state index contributed by atoms with van der Waals surface area (Å²) in [6.07, 6.45) is 1.49. The number of amides is 1. The Kier molecular flexibility index (Phi) is 3.49. The number of pyridine rings is 1. The SMILES string of the molecule is CC#CC(=O)Nc1cnc(Cl)c(C)c1. The van der Waals surface area contributed by atoms with Gasteiger partial charge < -0.3 is 5.32 Å². The van der Waals surface area contributed by atoms with Crippen molar-refractivity contribution in [1.29, 1.82) is 0 Å². The van der Waals surface area contributed by atoms with Gasteiger partial charge in [0.25, 0.3) is 5.91 Å². The smallest absolute Gasteiger partial charge is 0.300 e. The van der Waals surface area contributed by atoms with E-state index >= 15 is 0 Å². The summed E-state index contributed by atoms with van der Waals surface area (Å²) in [5.41, 5.74) is 1.41. The predicted octanol–water partition coefficient (Wildman–Crippen LogP) is 2.01. The van der Waals surface area contributed by atoms with Crippen LogP contribution in [0.3, 0.4) is 0 Å². The van der Waals surface area contributed by atoms with Crippen LogP contribution in [0.15, 0.2) is 12.3 Å². The largest absolute Gasteiger partial charge is 0.314 e. The summed E-state index contributed by atoms with van der Waals surface area (Å²) in [5.74, 6) is 4.52. The van der Waals surface area contributed by atoms with Crippen molar-refractivity contribution in [3.05, 3.63) is 23.0 Å². The van der Waals surface area contributed by atoms with Gasteiger partial charge in [0, 0.05) is 0 Å². The molecule has 0 aromatic carbocycles. The van der Waals surface area contributed by atoms with E-state index in [0.717, 1.165) is 5.56 Å². The van der Waals surface area contributed by atoms with Gasteiger partial charge >= 0.3 is 0 Å². The molecule has 0 unspecified atom stereocenters. The first-order chi connectivity index (χ1) is 6.63. The second-order valence-corrected chi connectivity index (χ2v) is 3.02. The minimum Gasteiger partial charge on any atom is -0.314 e. The molecule has 0 aliphatic carbocycles. The minimum atomic E-state index is -0.351. The third-order valence-electron chi connectivity index (χ3n) is 1.51. The summed E-state index contributed by atoms with van der Waals surface area (Å²) in [6.45, 7) is 3.42. The van der Waals surface area contributed by atoms with Crippen molar-refractivity contribution in [2.75, 3.05) is 5.32 Å². The highest BCUT2D eigenvalue weighted by molar-refractivity contribution is 6.30. The number of carbonyl (C=O) groups is 1. The molecule has 0 aliphatic rings. The van der Waals surface area contributed by atoms with Crippen LogP contribution in [-0.4, -0.2) is 10.9 Å². The van der Waals surface area contributed by atoms with E-state index in [1.54, 1.807) is 13.0 Å². The molecule has 4 heteroatoms. The number of halogens is 1. The van der Waals surface area contributed by atoms with Crippen LogP contribution in [0.4, 0.5) is 5.69 Å². The van der Waals surface area contributed by atoms with Crippen LogP contribution in [0.2, 0.25) is 5.15 Å². The summed E-state index contributed by atoms with van der Waals surface area (Å²) in [4.78, 5) is 15.0. The fraction of sp³-hybridized carbons (Fsp3) is 0.200.